The number of likely N-dealkylation sites (tertiary alicyclic amines) is 1. The van der Waals surface area contributed by atoms with E-state index in [0.29, 0.717) is 26.2 Å². The molecule has 0 amide bonds. The van der Waals surface area contributed by atoms with Gasteiger partial charge in [0.2, 0.25) is 0 Å². The lowest BCUT2D eigenvalue weighted by atomic mass is 9.83. The monoisotopic (exact) mass is 363 g/mol. The summed E-state index contributed by atoms with van der Waals surface area (Å²) in [6.45, 7) is 11.1. The predicted molar refractivity (Wildman–Crippen MR) is 103 cm³/mol. The van der Waals surface area contributed by atoms with Crippen molar-refractivity contribution in [3.63, 3.8) is 0 Å². The van der Waals surface area contributed by atoms with E-state index in [-0.39, 0.29) is 5.41 Å². The standard InChI is InChI=1S/C21H33NO4/c1-15-12-16(14-22-9-7-6-8-18(22)20(23)24)19(26-11-10-25-5)13-17(15)21(2,3)4/h12-13,18H,6-11,14H2,1-5H3,(H,23,24)/t18-/m0/s1. The summed E-state index contributed by atoms with van der Waals surface area (Å²) in [4.78, 5) is 13.7. The van der Waals surface area contributed by atoms with Gasteiger partial charge in [-0.15, -0.1) is 0 Å². The molecule has 5 heteroatoms. The van der Waals surface area contributed by atoms with Crippen molar-refractivity contribution in [1.29, 1.82) is 0 Å². The van der Waals surface area contributed by atoms with E-state index in [1.54, 1.807) is 7.11 Å². The van der Waals surface area contributed by atoms with Crippen molar-refractivity contribution >= 4 is 5.97 Å². The highest BCUT2D eigenvalue weighted by Gasteiger charge is 2.29. The van der Waals surface area contributed by atoms with E-state index in [9.17, 15) is 9.90 Å². The zero-order valence-corrected chi connectivity index (χ0v) is 16.8. The largest absolute Gasteiger partial charge is 0.491 e. The molecule has 1 saturated heterocycles. The van der Waals surface area contributed by atoms with E-state index in [0.717, 1.165) is 30.7 Å². The van der Waals surface area contributed by atoms with Crippen molar-refractivity contribution in [2.75, 3.05) is 26.9 Å². The molecule has 1 aliphatic rings. The number of nitrogens with zero attached hydrogens (tertiary/aromatic N) is 1. The SMILES string of the molecule is COCCOc1cc(C(C)(C)C)c(C)cc1CN1CCCC[C@H]1C(=O)O. The van der Waals surface area contributed by atoms with Gasteiger partial charge in [0.15, 0.2) is 0 Å². The van der Waals surface area contributed by atoms with Crippen molar-refractivity contribution in [2.24, 2.45) is 0 Å². The van der Waals surface area contributed by atoms with Crippen LogP contribution >= 0.6 is 0 Å². The van der Waals surface area contributed by atoms with Gasteiger partial charge in [-0.05, 0) is 48.9 Å². The Bertz CT molecular complexity index is 621. The van der Waals surface area contributed by atoms with Crippen LogP contribution in [-0.2, 0) is 21.5 Å². The molecule has 0 aromatic heterocycles. The van der Waals surface area contributed by atoms with Gasteiger partial charge < -0.3 is 14.6 Å². The van der Waals surface area contributed by atoms with E-state index in [4.69, 9.17) is 9.47 Å². The van der Waals surface area contributed by atoms with Crippen LogP contribution in [0.4, 0.5) is 0 Å². The molecule has 1 atom stereocenters. The Morgan fingerprint density at radius 2 is 2.00 bits per heavy atom. The smallest absolute Gasteiger partial charge is 0.320 e. The topological polar surface area (TPSA) is 59.0 Å². The average molecular weight is 363 g/mol. The number of aryl methyl sites for hydroxylation is 1. The number of methoxy groups -OCH3 is 1. The van der Waals surface area contributed by atoms with Gasteiger partial charge in [-0.2, -0.15) is 0 Å². The minimum absolute atomic E-state index is 0.0245. The molecule has 5 nitrogen and oxygen atoms in total. The molecule has 0 radical (unpaired) electrons. The van der Waals surface area contributed by atoms with E-state index >= 15 is 0 Å². The van der Waals surface area contributed by atoms with Crippen LogP contribution in [0.3, 0.4) is 0 Å². The summed E-state index contributed by atoms with van der Waals surface area (Å²) < 4.78 is 11.1. The van der Waals surface area contributed by atoms with Crippen LogP contribution in [0.2, 0.25) is 0 Å². The quantitative estimate of drug-likeness (QED) is 0.748. The number of carbonyl (C=O) groups is 1. The molecule has 0 unspecified atom stereocenters. The van der Waals surface area contributed by atoms with Crippen LogP contribution in [0.1, 0.15) is 56.7 Å². The third-order valence-corrected chi connectivity index (χ3v) is 5.03. The lowest BCUT2D eigenvalue weighted by Gasteiger charge is -2.33. The van der Waals surface area contributed by atoms with E-state index in [2.05, 4.69) is 44.7 Å². The molecule has 26 heavy (non-hydrogen) atoms. The number of hydrogen-bond acceptors (Lipinski definition) is 4. The fourth-order valence-electron chi connectivity index (χ4n) is 3.73. The maximum atomic E-state index is 11.6. The average Bonchev–Trinajstić information content (AvgIpc) is 2.56. The Hall–Kier alpha value is -1.59. The van der Waals surface area contributed by atoms with Crippen molar-refractivity contribution in [3.05, 3.63) is 28.8 Å². The Balaban J connectivity index is 2.32. The fourth-order valence-corrected chi connectivity index (χ4v) is 3.73. The molecule has 1 N–H and O–H groups in total. The highest BCUT2D eigenvalue weighted by atomic mass is 16.5. The number of aliphatic carboxylic acids is 1. The van der Waals surface area contributed by atoms with Gasteiger partial charge in [-0.1, -0.05) is 33.3 Å². The molecular formula is C21H33NO4. The Morgan fingerprint density at radius 1 is 1.27 bits per heavy atom. The number of benzene rings is 1. The summed E-state index contributed by atoms with van der Waals surface area (Å²) in [5.41, 5.74) is 3.55. The molecule has 2 rings (SSSR count). The Morgan fingerprint density at radius 3 is 2.62 bits per heavy atom. The highest BCUT2D eigenvalue weighted by Crippen LogP contribution is 2.33. The first-order valence-corrected chi connectivity index (χ1v) is 9.46. The van der Waals surface area contributed by atoms with Gasteiger partial charge in [0, 0.05) is 19.2 Å². The first kappa shape index (κ1) is 20.7. The first-order chi connectivity index (χ1) is 12.2. The van der Waals surface area contributed by atoms with E-state index in [1.807, 2.05) is 0 Å². The maximum absolute atomic E-state index is 11.6. The van der Waals surface area contributed by atoms with Crippen LogP contribution in [-0.4, -0.2) is 48.9 Å². The highest BCUT2D eigenvalue weighted by molar-refractivity contribution is 5.73. The van der Waals surface area contributed by atoms with Crippen molar-refractivity contribution < 1.29 is 19.4 Å². The number of hydrogen-bond donors (Lipinski definition) is 1. The predicted octanol–water partition coefficient (Wildman–Crippen LogP) is 3.76. The summed E-state index contributed by atoms with van der Waals surface area (Å²) in [6.07, 6.45) is 2.74. The fraction of sp³-hybridized carbons (Fsp3) is 0.667. The summed E-state index contributed by atoms with van der Waals surface area (Å²) in [6, 6.07) is 3.88. The second-order valence-electron chi connectivity index (χ2n) is 8.19. The van der Waals surface area contributed by atoms with Crippen molar-refractivity contribution in [2.45, 2.75) is 65.0 Å². The summed E-state index contributed by atoms with van der Waals surface area (Å²) in [5.74, 6) is 0.113. The molecule has 146 valence electrons. The summed E-state index contributed by atoms with van der Waals surface area (Å²) >= 11 is 0. The van der Waals surface area contributed by atoms with Gasteiger partial charge >= 0.3 is 5.97 Å². The molecular weight excluding hydrogens is 330 g/mol. The molecule has 1 aromatic carbocycles. The van der Waals surface area contributed by atoms with Gasteiger partial charge in [0.25, 0.3) is 0 Å². The molecule has 0 saturated carbocycles. The summed E-state index contributed by atoms with van der Waals surface area (Å²) in [7, 11) is 1.66. The molecule has 0 bridgehead atoms. The van der Waals surface area contributed by atoms with Crippen LogP contribution in [0, 0.1) is 6.92 Å². The Labute approximate surface area is 157 Å². The first-order valence-electron chi connectivity index (χ1n) is 9.46. The van der Waals surface area contributed by atoms with Gasteiger partial charge in [0.1, 0.15) is 18.4 Å². The van der Waals surface area contributed by atoms with Crippen LogP contribution in [0.5, 0.6) is 5.75 Å². The summed E-state index contributed by atoms with van der Waals surface area (Å²) in [5, 5.41) is 9.55. The Kier molecular flexibility index (Phi) is 7.07. The van der Waals surface area contributed by atoms with Crippen molar-refractivity contribution in [1.82, 2.24) is 4.90 Å². The maximum Gasteiger partial charge on any atom is 0.320 e. The third-order valence-electron chi connectivity index (χ3n) is 5.03. The van der Waals surface area contributed by atoms with Gasteiger partial charge in [-0.3, -0.25) is 9.69 Å². The van der Waals surface area contributed by atoms with E-state index < -0.39 is 12.0 Å². The number of piperidine rings is 1. The van der Waals surface area contributed by atoms with Gasteiger partial charge in [-0.25, -0.2) is 0 Å². The van der Waals surface area contributed by atoms with Crippen LogP contribution < -0.4 is 4.74 Å². The van der Waals surface area contributed by atoms with E-state index in [1.165, 1.54) is 11.1 Å². The second kappa shape index (κ2) is 8.87. The number of ether oxygens (including phenoxy) is 2. The molecule has 1 fully saturated rings. The third kappa shape index (κ3) is 5.21. The molecule has 1 aliphatic heterocycles. The van der Waals surface area contributed by atoms with Crippen LogP contribution in [0.25, 0.3) is 0 Å². The molecule has 1 heterocycles. The molecule has 1 aromatic rings. The van der Waals surface area contributed by atoms with Gasteiger partial charge in [0.05, 0.1) is 6.61 Å². The minimum Gasteiger partial charge on any atom is -0.491 e. The van der Waals surface area contributed by atoms with Crippen molar-refractivity contribution in [3.8, 4) is 5.75 Å². The number of carboxylic acids is 1. The minimum atomic E-state index is -0.727. The lowest BCUT2D eigenvalue weighted by molar-refractivity contribution is -0.144. The number of rotatable bonds is 7. The zero-order valence-electron chi connectivity index (χ0n) is 16.8. The van der Waals surface area contributed by atoms with Crippen LogP contribution in [0.15, 0.2) is 12.1 Å². The lowest BCUT2D eigenvalue weighted by Crippen LogP contribution is -2.44. The zero-order chi connectivity index (χ0) is 19.3. The normalized spacial score (nSPS) is 18.7. The second-order valence-corrected chi connectivity index (χ2v) is 8.19. The molecule has 0 spiro atoms. The molecule has 0 aliphatic carbocycles. The number of carboxylic acid groups (broad SMARTS) is 1.